The van der Waals surface area contributed by atoms with Gasteiger partial charge in [-0.3, -0.25) is 34.7 Å². The predicted octanol–water partition coefficient (Wildman–Crippen LogP) is 15.7. The molecule has 0 spiro atoms. The summed E-state index contributed by atoms with van der Waals surface area (Å²) in [6.45, 7) is 13.3. The number of phenolic OH excluding ortho intramolecular Hbond substituents is 3. The largest absolute Gasteiger partial charge is 0.508 e. The van der Waals surface area contributed by atoms with Crippen LogP contribution in [0.25, 0.3) is 123 Å². The number of phenols is 3. The first kappa shape index (κ1) is 93.5. The Labute approximate surface area is 762 Å². The van der Waals surface area contributed by atoms with Gasteiger partial charge in [0.25, 0.3) is 11.4 Å². The summed E-state index contributed by atoms with van der Waals surface area (Å²) in [5.41, 5.74) is 41.8. The maximum absolute atomic E-state index is 10.5. The molecule has 131 heavy (non-hydrogen) atoms. The number of aromatic amines is 4. The lowest BCUT2D eigenvalue weighted by molar-refractivity contribution is -0.384. The van der Waals surface area contributed by atoms with Crippen LogP contribution in [0.15, 0.2) is 218 Å². The first-order chi connectivity index (χ1) is 62.6. The molecule has 6 aromatic heterocycles. The van der Waals surface area contributed by atoms with Gasteiger partial charge >= 0.3 is 13.1 Å². The Morgan fingerprint density at radius 2 is 0.847 bits per heavy atom. The van der Waals surface area contributed by atoms with Crippen molar-refractivity contribution in [2.24, 2.45) is 14.1 Å². The minimum Gasteiger partial charge on any atom is -0.508 e. The standard InChI is InChI=1S/C23H20N4O2.C22H18N4O2.C16H13IN4O.C13H19BO3.C7H6N2O4.C7H8N2O3.C7H10N2O/c1-13-16(6-4-8-20(13)29)14-9-10-19-17(11-14)22(26-27(19)2)23-24-18-7-3-5-15(12-28)21(18)25-23;1-12-15(5-3-7-19(12)28)13-8-9-17-16(10-13)21(26-25-17)22-23-18-6-2-4-14(11-27)20(18)24-22;1-21-13-6-5-10(17)7-11(13)15(20-21)16-18-12-4-2-3-9(8-22)14(12)19-16;1-9-10(7-6-8-11(9)15)14-16-12(2,3)13(4,5)17-14;8-6-4(7(10)11)2-1-3-5(6)9(12)13;8-7-5(4-10)2-1-3-6(7)9(11)12;8-6-3-1-2-5(4-10)7(6)9/h3-11,28-29H,12H2,1-2H3,(H,24,25);2-10,27-28H,11H2,1H3,(H,23,24)(H,25,26);2-7,22H,8H2,1H3,(H,18,19);6-8,15H,1-5H3;1-3H,8H2,(H,10,11);1-3,10H,4,8H2;1-3,10H,4,8-9H2. The summed E-state index contributed by atoms with van der Waals surface area (Å²) in [6, 6.07) is 65.2. The summed E-state index contributed by atoms with van der Waals surface area (Å²) in [5.74, 6) is 1.59. The van der Waals surface area contributed by atoms with E-state index in [1.54, 1.807) is 42.5 Å². The molecular formula is C95H94BIN18O16. The molecule has 0 unspecified atom stereocenters. The van der Waals surface area contributed by atoms with Crippen LogP contribution in [-0.2, 0) is 56.4 Å². The van der Waals surface area contributed by atoms with Crippen molar-refractivity contribution in [3.63, 3.8) is 0 Å². The first-order valence-electron chi connectivity index (χ1n) is 40.8. The molecule has 12 aromatic carbocycles. The Kier molecular flexibility index (Phi) is 28.3. The van der Waals surface area contributed by atoms with Gasteiger partial charge in [-0.05, 0) is 206 Å². The molecule has 0 atom stereocenters. The Bertz CT molecular complexity index is 7280. The number of nitro groups is 2. The predicted molar refractivity (Wildman–Crippen MR) is 515 cm³/mol. The van der Waals surface area contributed by atoms with Gasteiger partial charge in [0, 0.05) is 73.8 Å². The molecule has 1 aliphatic rings. The first-order valence-corrected chi connectivity index (χ1v) is 41.9. The van der Waals surface area contributed by atoms with Crippen LogP contribution in [0.4, 0.5) is 34.1 Å². The van der Waals surface area contributed by atoms with Crippen molar-refractivity contribution >= 4 is 141 Å². The Hall–Kier alpha value is -15.2. The Morgan fingerprint density at radius 1 is 0.458 bits per heavy atom. The highest BCUT2D eigenvalue weighted by Gasteiger charge is 2.52. The number of aromatic hydroxyl groups is 3. The minimum atomic E-state index is -1.28. The number of fused-ring (bicyclic) bond motifs is 6. The lowest BCUT2D eigenvalue weighted by Gasteiger charge is -2.32. The molecule has 7 heterocycles. The van der Waals surface area contributed by atoms with Crippen LogP contribution < -0.4 is 28.4 Å². The molecule has 18 aromatic rings. The number of benzene rings is 12. The number of rotatable bonds is 14. The highest BCUT2D eigenvalue weighted by Crippen LogP contribution is 2.41. The van der Waals surface area contributed by atoms with E-state index in [9.17, 15) is 55.7 Å². The second-order valence-electron chi connectivity index (χ2n) is 31.5. The van der Waals surface area contributed by atoms with E-state index >= 15 is 0 Å². The van der Waals surface area contributed by atoms with E-state index in [1.807, 2.05) is 187 Å². The number of hydrogen-bond donors (Lipinski definition) is 17. The van der Waals surface area contributed by atoms with E-state index in [-0.39, 0.29) is 89.8 Å². The van der Waals surface area contributed by atoms with Gasteiger partial charge in [-0.25, -0.2) is 19.7 Å². The quantitative estimate of drug-likeness (QED) is 0.0158. The summed E-state index contributed by atoms with van der Waals surface area (Å²) in [7, 11) is 3.43. The van der Waals surface area contributed by atoms with Crippen LogP contribution in [0.2, 0.25) is 0 Å². The zero-order valence-corrected chi connectivity index (χ0v) is 74.6. The highest BCUT2D eigenvalue weighted by atomic mass is 127. The summed E-state index contributed by atoms with van der Waals surface area (Å²) in [4.78, 5) is 53.9. The molecule has 21 N–H and O–H groups in total. The number of imidazole rings is 3. The minimum absolute atomic E-state index is 0.0253. The number of nitrogen functional groups attached to an aromatic ring is 4. The second-order valence-corrected chi connectivity index (χ2v) is 32.7. The van der Waals surface area contributed by atoms with Crippen LogP contribution in [-0.4, -0.2) is 140 Å². The van der Waals surface area contributed by atoms with Crippen molar-refractivity contribution in [1.29, 1.82) is 0 Å². The maximum Gasteiger partial charge on any atom is 0.495 e. The lowest BCUT2D eigenvalue weighted by Crippen LogP contribution is -2.41. The number of nitro benzene ring substituents is 2. The van der Waals surface area contributed by atoms with E-state index in [4.69, 9.17) is 57.6 Å². The normalized spacial score (nSPS) is 12.4. The third-order valence-corrected chi connectivity index (χ3v) is 23.4. The van der Waals surface area contributed by atoms with Gasteiger partial charge in [-0.15, -0.1) is 0 Å². The maximum atomic E-state index is 10.5. The van der Waals surface area contributed by atoms with E-state index in [1.165, 1.54) is 24.3 Å². The average Bonchev–Trinajstić information content (AvgIpc) is 1.69. The number of carbonyl (C=O) groups is 1. The molecule has 0 saturated carbocycles. The average molecular weight is 1880 g/mol. The molecule has 1 aliphatic heterocycles. The van der Waals surface area contributed by atoms with Crippen molar-refractivity contribution in [3.8, 4) is 74.1 Å². The van der Waals surface area contributed by atoms with E-state index < -0.39 is 22.9 Å². The number of aryl methyl sites for hydroxylation is 2. The number of aliphatic hydroxyl groups is 5. The summed E-state index contributed by atoms with van der Waals surface area (Å²) in [6.07, 6.45) is 0. The zero-order valence-electron chi connectivity index (χ0n) is 72.4. The van der Waals surface area contributed by atoms with Gasteiger partial charge in [0.1, 0.15) is 45.7 Å². The molecule has 0 radical (unpaired) electrons. The topological polar surface area (TPSA) is 558 Å². The molecular weight excluding hydrogens is 1790 g/mol. The molecule has 0 aliphatic carbocycles. The van der Waals surface area contributed by atoms with Crippen LogP contribution in [0.3, 0.4) is 0 Å². The van der Waals surface area contributed by atoms with Crippen molar-refractivity contribution in [2.75, 3.05) is 22.9 Å². The summed E-state index contributed by atoms with van der Waals surface area (Å²) in [5, 5.41) is 125. The smallest absolute Gasteiger partial charge is 0.495 e. The fourth-order valence-electron chi connectivity index (χ4n) is 14.7. The molecule has 0 bridgehead atoms. The number of aromatic carboxylic acids is 1. The van der Waals surface area contributed by atoms with Crippen molar-refractivity contribution in [3.05, 3.63) is 292 Å². The van der Waals surface area contributed by atoms with Gasteiger partial charge in [-0.2, -0.15) is 15.3 Å². The van der Waals surface area contributed by atoms with Gasteiger partial charge < -0.3 is 93.2 Å². The van der Waals surface area contributed by atoms with Crippen LogP contribution in [0.1, 0.15) is 82.6 Å². The van der Waals surface area contributed by atoms with Gasteiger partial charge in [0.05, 0.1) is 121 Å². The zero-order chi connectivity index (χ0) is 94.2. The van der Waals surface area contributed by atoms with E-state index in [0.717, 1.165) is 159 Å². The fraction of sp³-hybridized carbons (Fsp3) is 0.168. The number of para-hydroxylation sites is 6. The number of aliphatic hydroxyl groups excluding tert-OH is 5. The highest BCUT2D eigenvalue weighted by molar-refractivity contribution is 14.1. The number of nitrogens with two attached hydrogens (primary N) is 4. The third-order valence-electron chi connectivity index (χ3n) is 22.7. The molecule has 19 rings (SSSR count). The summed E-state index contributed by atoms with van der Waals surface area (Å²) >= 11 is 2.30. The van der Waals surface area contributed by atoms with Gasteiger partial charge in [0.2, 0.25) is 0 Å². The number of carboxylic acid groups (broad SMARTS) is 1. The van der Waals surface area contributed by atoms with Crippen molar-refractivity contribution < 1.29 is 69.9 Å². The number of carboxylic acids is 1. The number of nitrogens with zero attached hydrogens (tertiary/aromatic N) is 10. The number of halogens is 1. The fourth-order valence-corrected chi connectivity index (χ4v) is 15.2. The van der Waals surface area contributed by atoms with Crippen LogP contribution in [0, 0.1) is 44.6 Å². The molecule has 0 amide bonds. The van der Waals surface area contributed by atoms with E-state index in [2.05, 4.69) is 93.1 Å². The Balaban J connectivity index is 0.000000134. The van der Waals surface area contributed by atoms with E-state index in [0.29, 0.717) is 34.2 Å². The number of nitrogens with one attached hydrogen (secondary N) is 4. The molecule has 36 heteroatoms. The molecule has 1 saturated heterocycles. The Morgan fingerprint density at radius 3 is 1.31 bits per heavy atom. The number of H-pyrrole nitrogens is 4. The SMILES string of the molecule is Cc1c(O)cccc1-c1ccc2[nH]nc(-c3nc4c(CO)cccc4[nH]3)c2c1.Cc1c(O)cccc1-c1ccc2c(c1)c(-c1nc3c(CO)cccc3[nH]1)nn2C.Cc1c(O)cccc1B1OC(C)(C)C(C)(C)O1.Cn1nc(-c2nc3c(CO)cccc3[nH]2)c2cc(I)ccc21.Nc1c(C(=O)O)cccc1[N+](=O)[O-].Nc1c(CO)cccc1[N+](=O)[O-].Nc1cccc(CO)c1N. The lowest BCUT2D eigenvalue weighted by atomic mass is 9.76. The molecule has 34 nitrogen and oxygen atoms in total. The third kappa shape index (κ3) is 19.8. The monoisotopic (exact) mass is 1880 g/mol. The second kappa shape index (κ2) is 39.6. The van der Waals surface area contributed by atoms with Crippen LogP contribution >= 0.6 is 22.6 Å². The number of anilines is 4. The number of aromatic nitrogens is 12. The summed E-state index contributed by atoms with van der Waals surface area (Å²) < 4.78 is 16.8. The molecule has 670 valence electrons. The van der Waals surface area contributed by atoms with Gasteiger partial charge in [-0.1, -0.05) is 115 Å². The molecule has 1 fully saturated rings. The van der Waals surface area contributed by atoms with Crippen LogP contribution in [0.5, 0.6) is 17.2 Å². The van der Waals surface area contributed by atoms with Crippen molar-refractivity contribution in [2.45, 2.75) is 92.7 Å². The number of hydrogen-bond acceptors (Lipinski definition) is 25. The van der Waals surface area contributed by atoms with Crippen molar-refractivity contribution in [1.82, 2.24) is 59.7 Å². The van der Waals surface area contributed by atoms with Gasteiger partial charge in [0.15, 0.2) is 17.5 Å².